The van der Waals surface area contributed by atoms with Gasteiger partial charge in [0.05, 0.1) is 24.3 Å². The van der Waals surface area contributed by atoms with Crippen LogP contribution in [0.15, 0.2) is 36.4 Å². The Balaban J connectivity index is 1.93. The molecule has 4 heteroatoms. The molecule has 0 bridgehead atoms. The summed E-state index contributed by atoms with van der Waals surface area (Å²) in [6.07, 6.45) is 0.101. The molecule has 2 N–H and O–H groups in total. The van der Waals surface area contributed by atoms with E-state index in [1.54, 1.807) is 0 Å². The molecule has 2 atom stereocenters. The maximum absolute atomic E-state index is 5.71. The van der Waals surface area contributed by atoms with Crippen molar-refractivity contribution in [1.82, 2.24) is 4.98 Å². The molecule has 100 valence electrons. The lowest BCUT2D eigenvalue weighted by molar-refractivity contribution is 0.0280. The Bertz CT molecular complexity index is 572. The summed E-state index contributed by atoms with van der Waals surface area (Å²) >= 11 is 0. The number of hydrogen-bond acceptors (Lipinski definition) is 4. The summed E-state index contributed by atoms with van der Waals surface area (Å²) in [5.74, 6) is 1.01. The maximum atomic E-state index is 5.71. The van der Waals surface area contributed by atoms with Crippen molar-refractivity contribution in [3.05, 3.63) is 36.4 Å². The average Bonchev–Trinajstić information content (AvgIpc) is 2.47. The lowest BCUT2D eigenvalue weighted by Gasteiger charge is -2.38. The minimum Gasteiger partial charge on any atom is -0.373 e. The highest BCUT2D eigenvalue weighted by molar-refractivity contribution is 5.80. The van der Waals surface area contributed by atoms with Gasteiger partial charge in [-0.05, 0) is 25.1 Å². The van der Waals surface area contributed by atoms with Crippen LogP contribution in [0.25, 0.3) is 10.9 Å². The van der Waals surface area contributed by atoms with Gasteiger partial charge < -0.3 is 15.4 Å². The van der Waals surface area contributed by atoms with Crippen molar-refractivity contribution < 1.29 is 4.74 Å². The van der Waals surface area contributed by atoms with Crippen molar-refractivity contribution in [2.24, 2.45) is 5.73 Å². The predicted octanol–water partition coefficient (Wildman–Crippen LogP) is 1.79. The minimum atomic E-state index is 0.101. The Morgan fingerprint density at radius 1 is 1.32 bits per heavy atom. The van der Waals surface area contributed by atoms with Crippen LogP contribution in [0, 0.1) is 0 Å². The van der Waals surface area contributed by atoms with E-state index in [0.717, 1.165) is 17.9 Å². The summed E-state index contributed by atoms with van der Waals surface area (Å²) in [6, 6.07) is 12.7. The number of anilines is 1. The van der Waals surface area contributed by atoms with Crippen molar-refractivity contribution in [3.8, 4) is 0 Å². The zero-order valence-electron chi connectivity index (χ0n) is 11.1. The maximum Gasteiger partial charge on any atom is 0.129 e. The number of nitrogens with zero attached hydrogens (tertiary/aromatic N) is 2. The normalized spacial score (nSPS) is 23.8. The van der Waals surface area contributed by atoms with Gasteiger partial charge in [-0.2, -0.15) is 0 Å². The number of para-hydroxylation sites is 1. The molecule has 2 unspecified atom stereocenters. The van der Waals surface area contributed by atoms with Crippen LogP contribution >= 0.6 is 0 Å². The molecule has 0 radical (unpaired) electrons. The van der Waals surface area contributed by atoms with Crippen molar-refractivity contribution in [2.45, 2.75) is 19.1 Å². The number of aromatic nitrogens is 1. The quantitative estimate of drug-likeness (QED) is 0.891. The molecule has 1 aliphatic rings. The van der Waals surface area contributed by atoms with Gasteiger partial charge >= 0.3 is 0 Å². The Morgan fingerprint density at radius 2 is 2.16 bits per heavy atom. The summed E-state index contributed by atoms with van der Waals surface area (Å²) in [7, 11) is 0. The molecular weight excluding hydrogens is 238 g/mol. The monoisotopic (exact) mass is 257 g/mol. The third-order valence-corrected chi connectivity index (χ3v) is 3.65. The molecule has 1 aromatic carbocycles. The van der Waals surface area contributed by atoms with Crippen LogP contribution in [0.1, 0.15) is 6.92 Å². The van der Waals surface area contributed by atoms with Crippen LogP contribution in [0.5, 0.6) is 0 Å². The fourth-order valence-corrected chi connectivity index (χ4v) is 2.49. The third-order valence-electron chi connectivity index (χ3n) is 3.65. The Kier molecular flexibility index (Phi) is 3.36. The van der Waals surface area contributed by atoms with E-state index in [2.05, 4.69) is 30.0 Å². The molecule has 0 aliphatic carbocycles. The summed E-state index contributed by atoms with van der Waals surface area (Å²) in [6.45, 7) is 4.22. The predicted molar refractivity (Wildman–Crippen MR) is 77.3 cm³/mol. The molecule has 0 amide bonds. The lowest BCUT2D eigenvalue weighted by Crippen LogP contribution is -2.51. The van der Waals surface area contributed by atoms with Gasteiger partial charge in [0.1, 0.15) is 5.82 Å². The van der Waals surface area contributed by atoms with Crippen molar-refractivity contribution >= 4 is 16.7 Å². The van der Waals surface area contributed by atoms with Gasteiger partial charge in [-0.15, -0.1) is 0 Å². The SMILES string of the molecule is CC1COC(CN)CN1c1ccc2ccccc2n1. The van der Waals surface area contributed by atoms with E-state index in [1.165, 1.54) is 5.39 Å². The number of nitrogens with two attached hydrogens (primary N) is 1. The van der Waals surface area contributed by atoms with E-state index in [-0.39, 0.29) is 6.10 Å². The highest BCUT2D eigenvalue weighted by atomic mass is 16.5. The molecule has 2 aromatic rings. The van der Waals surface area contributed by atoms with Crippen molar-refractivity contribution in [3.63, 3.8) is 0 Å². The van der Waals surface area contributed by atoms with E-state index >= 15 is 0 Å². The summed E-state index contributed by atoms with van der Waals surface area (Å²) < 4.78 is 5.68. The van der Waals surface area contributed by atoms with Gasteiger partial charge in [0.25, 0.3) is 0 Å². The first-order chi connectivity index (χ1) is 9.28. The third kappa shape index (κ3) is 2.41. The summed E-state index contributed by atoms with van der Waals surface area (Å²) in [5.41, 5.74) is 6.74. The van der Waals surface area contributed by atoms with E-state index in [1.807, 2.05) is 18.2 Å². The zero-order valence-corrected chi connectivity index (χ0v) is 11.1. The highest BCUT2D eigenvalue weighted by Gasteiger charge is 2.26. The molecule has 2 heterocycles. The number of morpholine rings is 1. The zero-order chi connectivity index (χ0) is 13.2. The highest BCUT2D eigenvalue weighted by Crippen LogP contribution is 2.22. The van der Waals surface area contributed by atoms with Gasteiger partial charge in [0, 0.05) is 18.5 Å². The molecule has 0 saturated carbocycles. The number of fused-ring (bicyclic) bond motifs is 1. The van der Waals surface area contributed by atoms with Crippen LogP contribution in [-0.4, -0.2) is 36.8 Å². The molecule has 1 aliphatic heterocycles. The molecule has 3 rings (SSSR count). The fourth-order valence-electron chi connectivity index (χ4n) is 2.49. The van der Waals surface area contributed by atoms with E-state index < -0.39 is 0 Å². The van der Waals surface area contributed by atoms with Gasteiger partial charge in [0.2, 0.25) is 0 Å². The second-order valence-corrected chi connectivity index (χ2v) is 5.05. The summed E-state index contributed by atoms with van der Waals surface area (Å²) in [4.78, 5) is 7.03. The van der Waals surface area contributed by atoms with Crippen LogP contribution in [0.4, 0.5) is 5.82 Å². The standard InChI is InChI=1S/C15H19N3O/c1-11-10-19-13(8-16)9-18(11)15-7-6-12-4-2-3-5-14(12)17-15/h2-7,11,13H,8-10,16H2,1H3. The van der Waals surface area contributed by atoms with Crippen LogP contribution < -0.4 is 10.6 Å². The van der Waals surface area contributed by atoms with Crippen LogP contribution in [0.2, 0.25) is 0 Å². The topological polar surface area (TPSA) is 51.4 Å². The minimum absolute atomic E-state index is 0.101. The molecule has 0 spiro atoms. The Morgan fingerprint density at radius 3 is 3.00 bits per heavy atom. The van der Waals surface area contributed by atoms with Crippen LogP contribution in [0.3, 0.4) is 0 Å². The first-order valence-electron chi connectivity index (χ1n) is 6.72. The second kappa shape index (κ2) is 5.15. The van der Waals surface area contributed by atoms with E-state index in [0.29, 0.717) is 19.2 Å². The van der Waals surface area contributed by atoms with Crippen LogP contribution in [-0.2, 0) is 4.74 Å². The van der Waals surface area contributed by atoms with E-state index in [9.17, 15) is 0 Å². The van der Waals surface area contributed by atoms with Gasteiger partial charge in [0.15, 0.2) is 0 Å². The number of pyridine rings is 1. The first kappa shape index (κ1) is 12.4. The second-order valence-electron chi connectivity index (χ2n) is 5.05. The van der Waals surface area contributed by atoms with Gasteiger partial charge in [-0.3, -0.25) is 0 Å². The molecular formula is C15H19N3O. The summed E-state index contributed by atoms with van der Waals surface area (Å²) in [5, 5.41) is 1.17. The molecule has 4 nitrogen and oxygen atoms in total. The number of hydrogen-bond donors (Lipinski definition) is 1. The molecule has 19 heavy (non-hydrogen) atoms. The first-order valence-corrected chi connectivity index (χ1v) is 6.72. The van der Waals surface area contributed by atoms with Gasteiger partial charge in [-0.1, -0.05) is 18.2 Å². The van der Waals surface area contributed by atoms with Gasteiger partial charge in [-0.25, -0.2) is 4.98 Å². The lowest BCUT2D eigenvalue weighted by atomic mass is 10.1. The smallest absolute Gasteiger partial charge is 0.129 e. The van der Waals surface area contributed by atoms with Crippen molar-refractivity contribution in [2.75, 3.05) is 24.6 Å². The molecule has 1 aromatic heterocycles. The number of benzene rings is 1. The Hall–Kier alpha value is -1.65. The number of rotatable bonds is 2. The Labute approximate surface area is 113 Å². The average molecular weight is 257 g/mol. The fraction of sp³-hybridized carbons (Fsp3) is 0.400. The number of ether oxygens (including phenoxy) is 1. The van der Waals surface area contributed by atoms with E-state index in [4.69, 9.17) is 15.5 Å². The largest absolute Gasteiger partial charge is 0.373 e. The van der Waals surface area contributed by atoms with Crippen molar-refractivity contribution in [1.29, 1.82) is 0 Å². The molecule has 1 saturated heterocycles. The molecule has 1 fully saturated rings.